The van der Waals surface area contributed by atoms with Gasteiger partial charge in [0.25, 0.3) is 5.91 Å². The van der Waals surface area contributed by atoms with E-state index in [1.165, 1.54) is 0 Å². The minimum atomic E-state index is -0.128. The third-order valence-corrected chi connectivity index (χ3v) is 4.01. The number of hydrogen-bond donors (Lipinski definition) is 1. The summed E-state index contributed by atoms with van der Waals surface area (Å²) in [5, 5.41) is 3.50. The van der Waals surface area contributed by atoms with E-state index in [4.69, 9.17) is 16.3 Å². The minimum Gasteiger partial charge on any atom is -0.486 e. The zero-order chi connectivity index (χ0) is 17.7. The van der Waals surface area contributed by atoms with Crippen molar-refractivity contribution >= 4 is 17.5 Å². The number of aromatic nitrogens is 2. The fraction of sp³-hybridized carbons (Fsp3) is 0.389. The summed E-state index contributed by atoms with van der Waals surface area (Å²) in [6, 6.07) is 5.26. The molecule has 1 atom stereocenters. The second-order valence-corrected chi connectivity index (χ2v) is 7.16. The molecule has 0 unspecified atom stereocenters. The van der Waals surface area contributed by atoms with Crippen molar-refractivity contribution < 1.29 is 9.53 Å². The number of nitrogens with zero attached hydrogens (tertiary/aromatic N) is 2. The smallest absolute Gasteiger partial charge is 0.253 e. The number of ether oxygens (including phenoxy) is 1. The maximum absolute atomic E-state index is 12.2. The molecular weight excluding hydrogens is 326 g/mol. The van der Waals surface area contributed by atoms with Crippen molar-refractivity contribution in [2.75, 3.05) is 0 Å². The van der Waals surface area contributed by atoms with Gasteiger partial charge in [-0.1, -0.05) is 32.4 Å². The third-order valence-electron chi connectivity index (χ3n) is 3.80. The van der Waals surface area contributed by atoms with Crippen LogP contribution in [0.15, 0.2) is 36.8 Å². The molecule has 0 aliphatic rings. The molecule has 0 aromatic carbocycles. The Morgan fingerprint density at radius 3 is 2.62 bits per heavy atom. The molecule has 2 aromatic rings. The van der Waals surface area contributed by atoms with Crippen molar-refractivity contribution in [3.05, 3.63) is 53.1 Å². The average Bonchev–Trinajstić information content (AvgIpc) is 2.52. The molecule has 0 bridgehead atoms. The maximum Gasteiger partial charge on any atom is 0.253 e. The van der Waals surface area contributed by atoms with Crippen molar-refractivity contribution in [1.82, 2.24) is 15.3 Å². The van der Waals surface area contributed by atoms with Crippen LogP contribution in [0.25, 0.3) is 0 Å². The second kappa shape index (κ2) is 7.62. The molecule has 1 amide bonds. The van der Waals surface area contributed by atoms with Crippen LogP contribution in [0.3, 0.4) is 0 Å². The molecule has 24 heavy (non-hydrogen) atoms. The van der Waals surface area contributed by atoms with Gasteiger partial charge >= 0.3 is 0 Å². The van der Waals surface area contributed by atoms with Crippen LogP contribution in [0.2, 0.25) is 5.02 Å². The van der Waals surface area contributed by atoms with Crippen LogP contribution in [-0.2, 0) is 6.61 Å². The van der Waals surface area contributed by atoms with E-state index in [9.17, 15) is 4.79 Å². The third kappa shape index (κ3) is 5.20. The lowest BCUT2D eigenvalue weighted by Gasteiger charge is -2.28. The highest BCUT2D eigenvalue weighted by atomic mass is 35.5. The van der Waals surface area contributed by atoms with Gasteiger partial charge in [-0.05, 0) is 24.5 Å². The lowest BCUT2D eigenvalue weighted by Crippen LogP contribution is -2.41. The Morgan fingerprint density at radius 1 is 1.29 bits per heavy atom. The van der Waals surface area contributed by atoms with Gasteiger partial charge in [0.2, 0.25) is 0 Å². The summed E-state index contributed by atoms with van der Waals surface area (Å²) < 4.78 is 5.57. The van der Waals surface area contributed by atoms with Crippen LogP contribution >= 0.6 is 11.6 Å². The quantitative estimate of drug-likeness (QED) is 0.891. The molecular formula is C18H22ClN3O2. The summed E-state index contributed by atoms with van der Waals surface area (Å²) in [7, 11) is 0. The summed E-state index contributed by atoms with van der Waals surface area (Å²) in [6.45, 7) is 8.53. The van der Waals surface area contributed by atoms with E-state index in [2.05, 4.69) is 36.1 Å². The van der Waals surface area contributed by atoms with Gasteiger partial charge in [0.05, 0.1) is 22.5 Å². The first-order valence-corrected chi connectivity index (χ1v) is 8.12. The van der Waals surface area contributed by atoms with E-state index in [0.717, 1.165) is 5.69 Å². The molecule has 2 rings (SSSR count). The van der Waals surface area contributed by atoms with Crippen LogP contribution in [0, 0.1) is 5.41 Å². The van der Waals surface area contributed by atoms with Gasteiger partial charge in [-0.15, -0.1) is 0 Å². The molecule has 6 heteroatoms. The predicted molar refractivity (Wildman–Crippen MR) is 94.2 cm³/mol. The fourth-order valence-electron chi connectivity index (χ4n) is 1.77. The highest BCUT2D eigenvalue weighted by Crippen LogP contribution is 2.19. The molecule has 0 fully saturated rings. The maximum atomic E-state index is 12.2. The van der Waals surface area contributed by atoms with E-state index in [1.807, 2.05) is 6.92 Å². The normalized spacial score (nSPS) is 12.5. The van der Waals surface area contributed by atoms with E-state index < -0.39 is 0 Å². The molecule has 2 heterocycles. The lowest BCUT2D eigenvalue weighted by molar-refractivity contribution is 0.0909. The van der Waals surface area contributed by atoms with Gasteiger partial charge < -0.3 is 10.1 Å². The zero-order valence-electron chi connectivity index (χ0n) is 14.3. The van der Waals surface area contributed by atoms with E-state index in [1.54, 1.807) is 36.8 Å². The highest BCUT2D eigenvalue weighted by Gasteiger charge is 2.22. The van der Waals surface area contributed by atoms with Gasteiger partial charge in [-0.25, -0.2) is 0 Å². The largest absolute Gasteiger partial charge is 0.486 e. The number of carbonyl (C=O) groups is 1. The topological polar surface area (TPSA) is 64.1 Å². The Kier molecular flexibility index (Phi) is 5.78. The van der Waals surface area contributed by atoms with Crippen molar-refractivity contribution in [3.63, 3.8) is 0 Å². The molecule has 0 saturated heterocycles. The SMILES string of the molecule is C[C@@H](NC(=O)c1ccc(COc2cncc(Cl)c2)nc1)C(C)(C)C. The van der Waals surface area contributed by atoms with Gasteiger partial charge in [0.15, 0.2) is 0 Å². The van der Waals surface area contributed by atoms with Crippen molar-refractivity contribution in [1.29, 1.82) is 0 Å². The predicted octanol–water partition coefficient (Wildman–Crippen LogP) is 3.87. The first kappa shape index (κ1) is 18.2. The van der Waals surface area contributed by atoms with E-state index in [-0.39, 0.29) is 24.0 Å². The Morgan fingerprint density at radius 2 is 2.04 bits per heavy atom. The first-order chi connectivity index (χ1) is 11.3. The summed E-state index contributed by atoms with van der Waals surface area (Å²) >= 11 is 5.85. The number of rotatable bonds is 5. The van der Waals surface area contributed by atoms with Crippen LogP contribution < -0.4 is 10.1 Å². The summed E-state index contributed by atoms with van der Waals surface area (Å²) in [6.07, 6.45) is 4.68. The van der Waals surface area contributed by atoms with Gasteiger partial charge in [0.1, 0.15) is 12.4 Å². The Labute approximate surface area is 147 Å². The molecule has 2 aromatic heterocycles. The molecule has 0 saturated carbocycles. The zero-order valence-corrected chi connectivity index (χ0v) is 15.1. The van der Waals surface area contributed by atoms with Crippen LogP contribution in [0.1, 0.15) is 43.7 Å². The number of hydrogen-bond acceptors (Lipinski definition) is 4. The number of nitrogens with one attached hydrogen (secondary N) is 1. The van der Waals surface area contributed by atoms with Crippen LogP contribution in [0.4, 0.5) is 0 Å². The van der Waals surface area contributed by atoms with Crippen molar-refractivity contribution in [2.45, 2.75) is 40.3 Å². The number of pyridine rings is 2. The lowest BCUT2D eigenvalue weighted by atomic mass is 9.88. The summed E-state index contributed by atoms with van der Waals surface area (Å²) in [5.74, 6) is 0.446. The van der Waals surface area contributed by atoms with Crippen LogP contribution in [0.5, 0.6) is 5.75 Å². The molecule has 128 valence electrons. The molecule has 0 radical (unpaired) electrons. The van der Waals surface area contributed by atoms with E-state index in [0.29, 0.717) is 16.3 Å². The monoisotopic (exact) mass is 347 g/mol. The highest BCUT2D eigenvalue weighted by molar-refractivity contribution is 6.30. The van der Waals surface area contributed by atoms with Gasteiger partial charge in [-0.3, -0.25) is 14.8 Å². The molecule has 0 aliphatic carbocycles. The summed E-state index contributed by atoms with van der Waals surface area (Å²) in [5.41, 5.74) is 1.25. The van der Waals surface area contributed by atoms with E-state index >= 15 is 0 Å². The average molecular weight is 348 g/mol. The summed E-state index contributed by atoms with van der Waals surface area (Å²) in [4.78, 5) is 20.4. The second-order valence-electron chi connectivity index (χ2n) is 6.73. The van der Waals surface area contributed by atoms with Crippen molar-refractivity contribution in [3.8, 4) is 5.75 Å². The Hall–Kier alpha value is -2.14. The number of amides is 1. The number of carbonyl (C=O) groups excluding carboxylic acids is 1. The minimum absolute atomic E-state index is 0.00185. The standard InChI is InChI=1S/C18H22ClN3O2/c1-12(18(2,3)4)22-17(23)13-5-6-15(21-8-13)11-24-16-7-14(19)9-20-10-16/h5-10,12H,11H2,1-4H3,(H,22,23)/t12-/m1/s1. The van der Waals surface area contributed by atoms with Crippen LogP contribution in [-0.4, -0.2) is 21.9 Å². The number of halogens is 1. The molecule has 5 nitrogen and oxygen atoms in total. The Balaban J connectivity index is 1.94. The fourth-order valence-corrected chi connectivity index (χ4v) is 1.93. The molecule has 0 aliphatic heterocycles. The van der Waals surface area contributed by atoms with Crippen molar-refractivity contribution in [2.24, 2.45) is 5.41 Å². The molecule has 1 N–H and O–H groups in total. The Bertz CT molecular complexity index is 696. The molecule has 0 spiro atoms. The van der Waals surface area contributed by atoms with Gasteiger partial charge in [0, 0.05) is 24.5 Å². The first-order valence-electron chi connectivity index (χ1n) is 7.75. The van der Waals surface area contributed by atoms with Gasteiger partial charge in [-0.2, -0.15) is 0 Å².